The number of hydrogen-bond acceptors (Lipinski definition) is 6. The SMILES string of the molecule is COc1ccc2nc([C@H]3C[C@H](NC(=O)Nc4ccc(OC)nc4)CCN3C)[nH]c2c1. The number of piperidine rings is 1. The number of aromatic nitrogens is 3. The summed E-state index contributed by atoms with van der Waals surface area (Å²) in [7, 11) is 5.28. The summed E-state index contributed by atoms with van der Waals surface area (Å²) in [6.07, 6.45) is 3.20. The summed E-state index contributed by atoms with van der Waals surface area (Å²) in [6.45, 7) is 0.861. The van der Waals surface area contributed by atoms with Crippen molar-refractivity contribution in [3.63, 3.8) is 0 Å². The van der Waals surface area contributed by atoms with E-state index in [1.165, 1.54) is 0 Å². The normalized spacial score (nSPS) is 19.4. The highest BCUT2D eigenvalue weighted by Gasteiger charge is 2.30. The maximum Gasteiger partial charge on any atom is 0.319 e. The quantitative estimate of drug-likeness (QED) is 0.597. The van der Waals surface area contributed by atoms with Crippen molar-refractivity contribution >= 4 is 22.8 Å². The number of H-pyrrole nitrogens is 1. The third kappa shape index (κ3) is 4.30. The monoisotopic (exact) mass is 410 g/mol. The number of rotatable bonds is 5. The summed E-state index contributed by atoms with van der Waals surface area (Å²) >= 11 is 0. The fourth-order valence-electron chi connectivity index (χ4n) is 3.75. The Morgan fingerprint density at radius 3 is 2.83 bits per heavy atom. The zero-order valence-electron chi connectivity index (χ0n) is 17.3. The van der Waals surface area contributed by atoms with Crippen LogP contribution < -0.4 is 20.1 Å². The first-order valence-electron chi connectivity index (χ1n) is 9.87. The highest BCUT2D eigenvalue weighted by molar-refractivity contribution is 5.89. The van der Waals surface area contributed by atoms with Gasteiger partial charge in [0.1, 0.15) is 11.6 Å². The van der Waals surface area contributed by atoms with Crippen LogP contribution in [0, 0.1) is 0 Å². The van der Waals surface area contributed by atoms with Crippen molar-refractivity contribution in [1.82, 2.24) is 25.2 Å². The van der Waals surface area contributed by atoms with E-state index in [1.54, 1.807) is 32.5 Å². The number of hydrogen-bond donors (Lipinski definition) is 3. The summed E-state index contributed by atoms with van der Waals surface area (Å²) in [5.74, 6) is 2.19. The molecule has 0 bridgehead atoms. The number of likely N-dealkylation sites (tertiary alicyclic amines) is 1. The van der Waals surface area contributed by atoms with Gasteiger partial charge in [-0.05, 0) is 38.1 Å². The highest BCUT2D eigenvalue weighted by Crippen LogP contribution is 2.30. The minimum absolute atomic E-state index is 0.0418. The number of carbonyl (C=O) groups excluding carboxylic acids is 1. The van der Waals surface area contributed by atoms with Crippen molar-refractivity contribution in [2.45, 2.75) is 24.9 Å². The molecule has 2 aromatic heterocycles. The van der Waals surface area contributed by atoms with E-state index in [1.807, 2.05) is 18.2 Å². The molecule has 9 heteroatoms. The van der Waals surface area contributed by atoms with Crippen molar-refractivity contribution in [2.75, 3.05) is 33.1 Å². The maximum atomic E-state index is 12.4. The second-order valence-electron chi connectivity index (χ2n) is 7.41. The molecule has 0 unspecified atom stereocenters. The van der Waals surface area contributed by atoms with E-state index >= 15 is 0 Å². The number of anilines is 1. The van der Waals surface area contributed by atoms with Crippen LogP contribution in [0.4, 0.5) is 10.5 Å². The molecule has 9 nitrogen and oxygen atoms in total. The lowest BCUT2D eigenvalue weighted by atomic mass is 9.97. The van der Waals surface area contributed by atoms with Crippen molar-refractivity contribution < 1.29 is 14.3 Å². The molecule has 1 saturated heterocycles. The number of benzene rings is 1. The van der Waals surface area contributed by atoms with Crippen LogP contribution in [0.3, 0.4) is 0 Å². The first-order chi connectivity index (χ1) is 14.6. The first-order valence-corrected chi connectivity index (χ1v) is 9.87. The van der Waals surface area contributed by atoms with Crippen LogP contribution in [0.2, 0.25) is 0 Å². The number of imidazole rings is 1. The molecule has 0 radical (unpaired) electrons. The standard InChI is InChI=1S/C21H26N6O3/c1-27-9-8-13(23-21(28)24-14-4-7-19(30-3)22-12-14)10-18(27)20-25-16-6-5-15(29-2)11-17(16)26-20/h4-7,11-13,18H,8-10H2,1-3H3,(H,25,26)(H2,23,24,28)/t13-,18-/m1/s1. The minimum atomic E-state index is -0.246. The third-order valence-corrected chi connectivity index (χ3v) is 5.43. The lowest BCUT2D eigenvalue weighted by Crippen LogP contribution is -2.46. The minimum Gasteiger partial charge on any atom is -0.497 e. The van der Waals surface area contributed by atoms with E-state index in [0.717, 1.165) is 42.0 Å². The van der Waals surface area contributed by atoms with Gasteiger partial charge >= 0.3 is 6.03 Å². The molecule has 3 N–H and O–H groups in total. The Hall–Kier alpha value is -3.33. The number of aromatic amines is 1. The lowest BCUT2D eigenvalue weighted by molar-refractivity contribution is 0.153. The van der Waals surface area contributed by atoms with E-state index in [-0.39, 0.29) is 18.1 Å². The molecule has 0 spiro atoms. The highest BCUT2D eigenvalue weighted by atomic mass is 16.5. The van der Waals surface area contributed by atoms with Crippen LogP contribution in [0.5, 0.6) is 11.6 Å². The molecule has 1 aliphatic heterocycles. The predicted molar refractivity (Wildman–Crippen MR) is 114 cm³/mol. The fourth-order valence-corrected chi connectivity index (χ4v) is 3.75. The zero-order chi connectivity index (χ0) is 21.1. The summed E-state index contributed by atoms with van der Waals surface area (Å²) in [4.78, 5) is 27.0. The van der Waals surface area contributed by atoms with Gasteiger partial charge in [0.25, 0.3) is 0 Å². The number of pyridine rings is 1. The van der Waals surface area contributed by atoms with Crippen molar-refractivity contribution in [3.05, 3.63) is 42.4 Å². The fraction of sp³-hybridized carbons (Fsp3) is 0.381. The Kier molecular flexibility index (Phi) is 5.71. The number of ether oxygens (including phenoxy) is 2. The Morgan fingerprint density at radius 1 is 1.23 bits per heavy atom. The molecular formula is C21H26N6O3. The number of methoxy groups -OCH3 is 2. The Balaban J connectivity index is 1.42. The number of carbonyl (C=O) groups is 1. The summed E-state index contributed by atoms with van der Waals surface area (Å²) in [6, 6.07) is 9.14. The van der Waals surface area contributed by atoms with Crippen molar-refractivity contribution in [3.8, 4) is 11.6 Å². The summed E-state index contributed by atoms with van der Waals surface area (Å²) in [5.41, 5.74) is 2.46. The molecule has 158 valence electrons. The van der Waals surface area contributed by atoms with Crippen LogP contribution in [0.25, 0.3) is 11.0 Å². The number of urea groups is 1. The molecular weight excluding hydrogens is 384 g/mol. The zero-order valence-corrected chi connectivity index (χ0v) is 17.3. The van der Waals surface area contributed by atoms with E-state index in [4.69, 9.17) is 14.5 Å². The van der Waals surface area contributed by atoms with Gasteiger partial charge in [-0.2, -0.15) is 0 Å². The second kappa shape index (κ2) is 8.58. The Labute approximate surface area is 174 Å². The largest absolute Gasteiger partial charge is 0.497 e. The number of amides is 2. The molecule has 30 heavy (non-hydrogen) atoms. The molecule has 2 atom stereocenters. The van der Waals surface area contributed by atoms with E-state index < -0.39 is 0 Å². The molecule has 4 rings (SSSR count). The Bertz CT molecular complexity index is 1020. The smallest absolute Gasteiger partial charge is 0.319 e. The summed E-state index contributed by atoms with van der Waals surface area (Å²) in [5, 5.41) is 5.89. The molecule has 0 aliphatic carbocycles. The topological polar surface area (TPSA) is 104 Å². The van der Waals surface area contributed by atoms with Gasteiger partial charge in [-0.1, -0.05) is 0 Å². The third-order valence-electron chi connectivity index (χ3n) is 5.43. The summed E-state index contributed by atoms with van der Waals surface area (Å²) < 4.78 is 10.3. The number of fused-ring (bicyclic) bond motifs is 1. The van der Waals surface area contributed by atoms with Crippen LogP contribution in [0.1, 0.15) is 24.7 Å². The molecule has 3 heterocycles. The van der Waals surface area contributed by atoms with Gasteiger partial charge in [0.05, 0.1) is 43.2 Å². The van der Waals surface area contributed by atoms with Gasteiger partial charge in [-0.25, -0.2) is 14.8 Å². The number of nitrogens with zero attached hydrogens (tertiary/aromatic N) is 3. The van der Waals surface area contributed by atoms with E-state index in [9.17, 15) is 4.79 Å². The van der Waals surface area contributed by atoms with Crippen LogP contribution in [-0.4, -0.2) is 59.7 Å². The average Bonchev–Trinajstić information content (AvgIpc) is 3.18. The molecule has 1 aromatic carbocycles. The molecule has 2 amide bonds. The van der Waals surface area contributed by atoms with Gasteiger partial charge < -0.3 is 25.1 Å². The van der Waals surface area contributed by atoms with Gasteiger partial charge in [0.15, 0.2) is 0 Å². The van der Waals surface area contributed by atoms with Gasteiger partial charge in [-0.15, -0.1) is 0 Å². The van der Waals surface area contributed by atoms with Crippen LogP contribution >= 0.6 is 0 Å². The maximum absolute atomic E-state index is 12.4. The molecule has 3 aromatic rings. The first kappa shape index (κ1) is 20.0. The molecule has 0 saturated carbocycles. The second-order valence-corrected chi connectivity index (χ2v) is 7.41. The van der Waals surface area contributed by atoms with Crippen molar-refractivity contribution in [2.24, 2.45) is 0 Å². The number of nitrogens with one attached hydrogen (secondary N) is 3. The van der Waals surface area contributed by atoms with Crippen LogP contribution in [-0.2, 0) is 0 Å². The van der Waals surface area contributed by atoms with Gasteiger partial charge in [0, 0.05) is 24.7 Å². The predicted octanol–water partition coefficient (Wildman–Crippen LogP) is 2.93. The lowest BCUT2D eigenvalue weighted by Gasteiger charge is -2.36. The molecule has 1 fully saturated rings. The van der Waals surface area contributed by atoms with E-state index in [2.05, 4.69) is 32.5 Å². The van der Waals surface area contributed by atoms with Gasteiger partial charge in [0.2, 0.25) is 5.88 Å². The average molecular weight is 410 g/mol. The molecule has 1 aliphatic rings. The van der Waals surface area contributed by atoms with E-state index in [0.29, 0.717) is 11.6 Å². The van der Waals surface area contributed by atoms with Crippen molar-refractivity contribution in [1.29, 1.82) is 0 Å². The Morgan fingerprint density at radius 2 is 2.10 bits per heavy atom. The van der Waals surface area contributed by atoms with Gasteiger partial charge in [-0.3, -0.25) is 4.90 Å². The van der Waals surface area contributed by atoms with Crippen LogP contribution in [0.15, 0.2) is 36.5 Å².